The van der Waals surface area contributed by atoms with Crippen LogP contribution in [0.5, 0.6) is 0 Å². The number of halogens is 1. The SMILES string of the molecule is Cn1cc(Nc2nn(C)c3cc(C(C)(C)O)ccc23)c(Cl)n1. The highest BCUT2D eigenvalue weighted by Gasteiger charge is 2.19. The van der Waals surface area contributed by atoms with E-state index in [1.54, 1.807) is 29.4 Å². The summed E-state index contributed by atoms with van der Waals surface area (Å²) in [6.45, 7) is 3.53. The van der Waals surface area contributed by atoms with Crippen LogP contribution < -0.4 is 5.32 Å². The van der Waals surface area contributed by atoms with Crippen molar-refractivity contribution in [2.75, 3.05) is 5.32 Å². The lowest BCUT2D eigenvalue weighted by Gasteiger charge is -2.17. The molecular weight excluding hydrogens is 302 g/mol. The highest BCUT2D eigenvalue weighted by Crippen LogP contribution is 2.31. The maximum Gasteiger partial charge on any atom is 0.174 e. The van der Waals surface area contributed by atoms with Crippen LogP contribution in [0.2, 0.25) is 5.15 Å². The van der Waals surface area contributed by atoms with E-state index in [4.69, 9.17) is 11.6 Å². The zero-order valence-corrected chi connectivity index (χ0v) is 13.7. The van der Waals surface area contributed by atoms with Gasteiger partial charge in [0.1, 0.15) is 0 Å². The van der Waals surface area contributed by atoms with Gasteiger partial charge in [-0.05, 0) is 31.5 Å². The van der Waals surface area contributed by atoms with Crippen molar-refractivity contribution in [2.24, 2.45) is 14.1 Å². The number of aromatic nitrogens is 4. The fourth-order valence-electron chi connectivity index (χ4n) is 2.40. The predicted octanol–water partition coefficient (Wildman–Crippen LogP) is 2.93. The Morgan fingerprint density at radius 1 is 1.23 bits per heavy atom. The molecule has 0 aliphatic rings. The van der Waals surface area contributed by atoms with Gasteiger partial charge in [-0.2, -0.15) is 10.2 Å². The molecule has 0 bridgehead atoms. The first-order valence-corrected chi connectivity index (χ1v) is 7.29. The first-order chi connectivity index (χ1) is 10.3. The number of benzene rings is 1. The van der Waals surface area contributed by atoms with E-state index < -0.39 is 5.60 Å². The van der Waals surface area contributed by atoms with Gasteiger partial charge in [-0.25, -0.2) is 0 Å². The molecule has 0 unspecified atom stereocenters. The summed E-state index contributed by atoms with van der Waals surface area (Å²) in [6, 6.07) is 5.79. The third kappa shape index (κ3) is 2.55. The van der Waals surface area contributed by atoms with E-state index >= 15 is 0 Å². The number of hydrogen-bond acceptors (Lipinski definition) is 4. The Morgan fingerprint density at radius 2 is 1.95 bits per heavy atom. The summed E-state index contributed by atoms with van der Waals surface area (Å²) in [4.78, 5) is 0. The third-order valence-electron chi connectivity index (χ3n) is 3.59. The largest absolute Gasteiger partial charge is 0.386 e. The van der Waals surface area contributed by atoms with Crippen LogP contribution >= 0.6 is 11.6 Å². The molecule has 1 aromatic carbocycles. The lowest BCUT2D eigenvalue weighted by molar-refractivity contribution is 0.0787. The number of fused-ring (bicyclic) bond motifs is 1. The van der Waals surface area contributed by atoms with Crippen LogP contribution in [-0.4, -0.2) is 24.7 Å². The summed E-state index contributed by atoms with van der Waals surface area (Å²) in [5.74, 6) is 0.703. The molecule has 3 rings (SSSR count). The Bertz CT molecular complexity index is 844. The summed E-state index contributed by atoms with van der Waals surface area (Å²) >= 11 is 6.08. The molecule has 0 aliphatic carbocycles. The lowest BCUT2D eigenvalue weighted by atomic mass is 9.97. The minimum atomic E-state index is -0.890. The first kappa shape index (κ1) is 14.9. The average Bonchev–Trinajstić information content (AvgIpc) is 2.90. The zero-order valence-electron chi connectivity index (χ0n) is 12.9. The summed E-state index contributed by atoms with van der Waals surface area (Å²) < 4.78 is 3.42. The van der Waals surface area contributed by atoms with Crippen molar-refractivity contribution >= 4 is 34.0 Å². The Kier molecular flexibility index (Phi) is 3.38. The van der Waals surface area contributed by atoms with Gasteiger partial charge >= 0.3 is 0 Å². The monoisotopic (exact) mass is 319 g/mol. The normalized spacial score (nSPS) is 12.1. The second-order valence-corrected chi connectivity index (χ2v) is 6.25. The maximum atomic E-state index is 10.1. The smallest absolute Gasteiger partial charge is 0.174 e. The van der Waals surface area contributed by atoms with Gasteiger partial charge in [0, 0.05) is 25.7 Å². The van der Waals surface area contributed by atoms with E-state index in [2.05, 4.69) is 15.5 Å². The maximum absolute atomic E-state index is 10.1. The first-order valence-electron chi connectivity index (χ1n) is 6.91. The van der Waals surface area contributed by atoms with Gasteiger partial charge in [-0.3, -0.25) is 9.36 Å². The summed E-state index contributed by atoms with van der Waals surface area (Å²) in [5, 5.41) is 23.3. The average molecular weight is 320 g/mol. The standard InChI is InChI=1S/C15H18ClN5O/c1-15(2,22)9-5-6-10-12(7-9)21(4)19-14(10)17-11-8-20(3)18-13(11)16/h5-8,22H,1-4H3,(H,17,19). The van der Waals surface area contributed by atoms with Crippen LogP contribution in [0.4, 0.5) is 11.5 Å². The number of nitrogens with zero attached hydrogens (tertiary/aromatic N) is 4. The topological polar surface area (TPSA) is 67.9 Å². The van der Waals surface area contributed by atoms with Gasteiger partial charge < -0.3 is 10.4 Å². The van der Waals surface area contributed by atoms with Gasteiger partial charge in [-0.15, -0.1) is 0 Å². The summed E-state index contributed by atoms with van der Waals surface area (Å²) in [6.07, 6.45) is 1.80. The van der Waals surface area contributed by atoms with E-state index in [0.717, 1.165) is 16.5 Å². The van der Waals surface area contributed by atoms with Gasteiger partial charge in [0.05, 0.1) is 16.8 Å². The molecule has 116 valence electrons. The third-order valence-corrected chi connectivity index (χ3v) is 3.87. The molecular formula is C15H18ClN5O. The van der Waals surface area contributed by atoms with E-state index in [0.29, 0.717) is 16.7 Å². The predicted molar refractivity (Wildman–Crippen MR) is 87.5 cm³/mol. The molecule has 0 aliphatic heterocycles. The highest BCUT2D eigenvalue weighted by atomic mass is 35.5. The molecule has 0 saturated carbocycles. The highest BCUT2D eigenvalue weighted by molar-refractivity contribution is 6.32. The Hall–Kier alpha value is -2.05. The van der Waals surface area contributed by atoms with E-state index in [-0.39, 0.29) is 0 Å². The molecule has 2 heterocycles. The number of aliphatic hydroxyl groups is 1. The van der Waals surface area contributed by atoms with Crippen molar-refractivity contribution in [2.45, 2.75) is 19.4 Å². The number of hydrogen-bond donors (Lipinski definition) is 2. The molecule has 7 heteroatoms. The molecule has 0 atom stereocenters. The molecule has 2 N–H and O–H groups in total. The van der Waals surface area contributed by atoms with Gasteiger partial charge in [0.25, 0.3) is 0 Å². The van der Waals surface area contributed by atoms with E-state index in [1.807, 2.05) is 32.3 Å². The number of aryl methyl sites for hydroxylation is 2. The van der Waals surface area contributed by atoms with Crippen LogP contribution in [0.25, 0.3) is 10.9 Å². The van der Waals surface area contributed by atoms with Crippen LogP contribution in [0, 0.1) is 0 Å². The van der Waals surface area contributed by atoms with Crippen molar-refractivity contribution in [3.63, 3.8) is 0 Å². The van der Waals surface area contributed by atoms with Crippen molar-refractivity contribution < 1.29 is 5.11 Å². The van der Waals surface area contributed by atoms with Crippen molar-refractivity contribution in [3.05, 3.63) is 35.1 Å². The van der Waals surface area contributed by atoms with E-state index in [9.17, 15) is 5.11 Å². The van der Waals surface area contributed by atoms with Gasteiger partial charge in [-0.1, -0.05) is 17.7 Å². The Balaban J connectivity index is 2.06. The fourth-order valence-corrected chi connectivity index (χ4v) is 2.62. The molecule has 0 fully saturated rings. The molecule has 2 aromatic heterocycles. The zero-order chi connectivity index (χ0) is 16.1. The summed E-state index contributed by atoms with van der Waals surface area (Å²) in [7, 11) is 3.68. The molecule has 0 saturated heterocycles. The molecule has 6 nitrogen and oxygen atoms in total. The number of nitrogens with one attached hydrogen (secondary N) is 1. The van der Waals surface area contributed by atoms with Crippen molar-refractivity contribution in [1.29, 1.82) is 0 Å². The van der Waals surface area contributed by atoms with E-state index in [1.165, 1.54) is 0 Å². The Labute approximate surface area is 133 Å². The Morgan fingerprint density at radius 3 is 2.55 bits per heavy atom. The van der Waals surface area contributed by atoms with Crippen LogP contribution in [0.15, 0.2) is 24.4 Å². The summed E-state index contributed by atoms with van der Waals surface area (Å²) in [5.41, 5.74) is 1.59. The fraction of sp³-hybridized carbons (Fsp3) is 0.333. The molecule has 22 heavy (non-hydrogen) atoms. The van der Waals surface area contributed by atoms with Crippen molar-refractivity contribution in [3.8, 4) is 0 Å². The van der Waals surface area contributed by atoms with Crippen LogP contribution in [-0.2, 0) is 19.7 Å². The second kappa shape index (κ2) is 5.00. The molecule has 3 aromatic rings. The van der Waals surface area contributed by atoms with Crippen LogP contribution in [0.3, 0.4) is 0 Å². The van der Waals surface area contributed by atoms with Gasteiger partial charge in [0.15, 0.2) is 11.0 Å². The van der Waals surface area contributed by atoms with Crippen LogP contribution in [0.1, 0.15) is 19.4 Å². The number of anilines is 2. The second-order valence-electron chi connectivity index (χ2n) is 5.90. The van der Waals surface area contributed by atoms with Crippen molar-refractivity contribution in [1.82, 2.24) is 19.6 Å². The molecule has 0 amide bonds. The lowest BCUT2D eigenvalue weighted by Crippen LogP contribution is -2.15. The number of rotatable bonds is 3. The quantitative estimate of drug-likeness (QED) is 0.779. The van der Waals surface area contributed by atoms with Gasteiger partial charge in [0.2, 0.25) is 0 Å². The molecule has 0 radical (unpaired) electrons. The minimum Gasteiger partial charge on any atom is -0.386 e. The molecule has 0 spiro atoms. The minimum absolute atomic E-state index is 0.398.